The molecule has 44 heavy (non-hydrogen) atoms. The van der Waals surface area contributed by atoms with Crippen LogP contribution in [0, 0.1) is 5.82 Å². The molecule has 5 aliphatic rings. The Morgan fingerprint density at radius 3 is 2.98 bits per heavy atom. The van der Waals surface area contributed by atoms with Gasteiger partial charge in [0.1, 0.15) is 41.7 Å². The lowest BCUT2D eigenvalue weighted by atomic mass is 9.95. The van der Waals surface area contributed by atoms with Gasteiger partial charge >= 0.3 is 12.0 Å². The minimum atomic E-state index is -0.903. The van der Waals surface area contributed by atoms with Crippen LogP contribution in [0.1, 0.15) is 44.9 Å². The van der Waals surface area contributed by atoms with Crippen LogP contribution >= 0.6 is 0 Å². The molecule has 0 amide bonds. The zero-order valence-electron chi connectivity index (χ0n) is 24.2. The lowest BCUT2D eigenvalue weighted by molar-refractivity contribution is -0.149. The summed E-state index contributed by atoms with van der Waals surface area (Å²) in [4.78, 5) is 30.8. The number of benzene rings is 1. The summed E-state index contributed by atoms with van der Waals surface area (Å²) in [5, 5.41) is 8.14. The van der Waals surface area contributed by atoms with Crippen LogP contribution in [0.15, 0.2) is 24.5 Å². The number of aromatic nitrogens is 5. The third-order valence-corrected chi connectivity index (χ3v) is 9.46. The van der Waals surface area contributed by atoms with Gasteiger partial charge in [-0.15, -0.1) is 0 Å². The van der Waals surface area contributed by atoms with Crippen molar-refractivity contribution in [2.75, 3.05) is 44.3 Å². The Bertz CT molecular complexity index is 1750. The van der Waals surface area contributed by atoms with Gasteiger partial charge in [-0.25, -0.2) is 8.78 Å². The van der Waals surface area contributed by atoms with Gasteiger partial charge < -0.3 is 19.1 Å². The molecule has 4 aromatic rings. The van der Waals surface area contributed by atoms with Gasteiger partial charge in [0, 0.05) is 37.5 Å². The fourth-order valence-electron chi connectivity index (χ4n) is 7.38. The number of carbonyl (C=O) groups excluding carboxylic acids is 1. The zero-order valence-corrected chi connectivity index (χ0v) is 24.2. The number of nitrogens with one attached hydrogen (secondary N) is 1. The molecule has 9 rings (SSSR count). The van der Waals surface area contributed by atoms with E-state index in [1.807, 2.05) is 11.0 Å². The number of ether oxygens (including phenoxy) is 3. The number of esters is 1. The summed E-state index contributed by atoms with van der Waals surface area (Å²) in [6.45, 7) is 2.71. The Morgan fingerprint density at radius 1 is 1.11 bits per heavy atom. The number of rotatable bonds is 3. The second-order valence-electron chi connectivity index (χ2n) is 12.3. The summed E-state index contributed by atoms with van der Waals surface area (Å²) in [6.07, 6.45) is 6.28. The number of alkyl halides is 1. The van der Waals surface area contributed by atoms with Gasteiger partial charge in [-0.3, -0.25) is 19.8 Å². The van der Waals surface area contributed by atoms with Gasteiger partial charge in [-0.05, 0) is 50.8 Å². The van der Waals surface area contributed by atoms with Crippen LogP contribution in [0.5, 0.6) is 11.8 Å². The highest BCUT2D eigenvalue weighted by Crippen LogP contribution is 2.42. The SMILES string of the molecule is O=C1CCCOc2ccc3[nH]ncc3c2-c2ncc3c(nc(OC[C@@]45CCCN4C[C@H](F)C5)nc3c2F)N2CCC[C@H](C2)O1. The van der Waals surface area contributed by atoms with Gasteiger partial charge in [0.25, 0.3) is 0 Å². The fraction of sp³-hybridized carbons (Fsp3) is 0.516. The summed E-state index contributed by atoms with van der Waals surface area (Å²) in [5.41, 5.74) is 0.840. The number of halogens is 2. The molecule has 3 aromatic heterocycles. The fourth-order valence-corrected chi connectivity index (χ4v) is 7.38. The number of hydrogen-bond donors (Lipinski definition) is 1. The molecular weight excluding hydrogens is 572 g/mol. The molecule has 0 unspecified atom stereocenters. The first-order valence-electron chi connectivity index (χ1n) is 15.4. The third-order valence-electron chi connectivity index (χ3n) is 9.46. The molecule has 11 nitrogen and oxygen atoms in total. The number of hydrogen-bond acceptors (Lipinski definition) is 10. The number of anilines is 1. The summed E-state index contributed by atoms with van der Waals surface area (Å²) in [5.74, 6) is -0.0377. The predicted molar refractivity (Wildman–Crippen MR) is 157 cm³/mol. The summed E-state index contributed by atoms with van der Waals surface area (Å²) in [6, 6.07) is 3.57. The number of fused-ring (bicyclic) bond motifs is 8. The molecule has 3 fully saturated rings. The van der Waals surface area contributed by atoms with Crippen molar-refractivity contribution in [2.45, 2.75) is 62.8 Å². The molecule has 230 valence electrons. The van der Waals surface area contributed by atoms with Gasteiger partial charge in [0.2, 0.25) is 0 Å². The Labute approximate surface area is 251 Å². The lowest BCUT2D eigenvalue weighted by Crippen LogP contribution is -2.43. The molecule has 13 heteroatoms. The molecule has 0 radical (unpaired) electrons. The normalized spacial score (nSPS) is 25.8. The average Bonchev–Trinajstić information content (AvgIpc) is 3.72. The van der Waals surface area contributed by atoms with E-state index in [0.717, 1.165) is 32.2 Å². The monoisotopic (exact) mass is 605 g/mol. The van der Waals surface area contributed by atoms with Crippen LogP contribution in [-0.4, -0.2) is 93.2 Å². The van der Waals surface area contributed by atoms with E-state index in [-0.39, 0.29) is 48.9 Å². The molecule has 5 aliphatic heterocycles. The molecule has 8 heterocycles. The number of piperidine rings is 1. The highest BCUT2D eigenvalue weighted by Gasteiger charge is 2.49. The van der Waals surface area contributed by atoms with Crippen LogP contribution in [-0.2, 0) is 9.53 Å². The molecular formula is C31H33F2N7O4. The number of nitrogens with zero attached hydrogens (tertiary/aromatic N) is 6. The summed E-state index contributed by atoms with van der Waals surface area (Å²) < 4.78 is 49.4. The molecule has 6 bridgehead atoms. The number of H-pyrrole nitrogens is 1. The quantitative estimate of drug-likeness (QED) is 0.338. The number of pyridine rings is 1. The molecule has 0 spiro atoms. The van der Waals surface area contributed by atoms with E-state index in [0.29, 0.717) is 65.9 Å². The van der Waals surface area contributed by atoms with E-state index >= 15 is 4.39 Å². The van der Waals surface area contributed by atoms with Gasteiger partial charge in [0.05, 0.1) is 41.4 Å². The molecule has 1 aromatic carbocycles. The molecule has 3 saturated heterocycles. The van der Waals surface area contributed by atoms with Crippen molar-refractivity contribution in [3.8, 4) is 23.0 Å². The number of aromatic amines is 1. The van der Waals surface area contributed by atoms with Gasteiger partial charge in [-0.1, -0.05) is 0 Å². The average molecular weight is 606 g/mol. The second kappa shape index (κ2) is 10.8. The van der Waals surface area contributed by atoms with Crippen LogP contribution in [0.4, 0.5) is 14.6 Å². The van der Waals surface area contributed by atoms with E-state index in [9.17, 15) is 9.18 Å². The summed E-state index contributed by atoms with van der Waals surface area (Å²) >= 11 is 0. The molecule has 0 aliphatic carbocycles. The maximum Gasteiger partial charge on any atom is 0.319 e. The smallest absolute Gasteiger partial charge is 0.319 e. The maximum atomic E-state index is 16.8. The minimum Gasteiger partial charge on any atom is -0.493 e. The van der Waals surface area contributed by atoms with E-state index in [1.165, 1.54) is 0 Å². The van der Waals surface area contributed by atoms with Gasteiger partial charge in [-0.2, -0.15) is 15.1 Å². The third kappa shape index (κ3) is 4.68. The van der Waals surface area contributed by atoms with Crippen molar-refractivity contribution in [3.63, 3.8) is 0 Å². The topological polar surface area (TPSA) is 119 Å². The molecule has 3 atom stereocenters. The van der Waals surface area contributed by atoms with E-state index < -0.39 is 17.5 Å². The first-order chi connectivity index (χ1) is 21.5. The highest BCUT2D eigenvalue weighted by molar-refractivity contribution is 6.00. The van der Waals surface area contributed by atoms with Crippen molar-refractivity contribution < 1.29 is 27.8 Å². The van der Waals surface area contributed by atoms with Crippen molar-refractivity contribution in [1.29, 1.82) is 0 Å². The van der Waals surface area contributed by atoms with Crippen LogP contribution in [0.2, 0.25) is 0 Å². The standard InChI is InChI=1S/C31H33F2N7O4/c32-18-12-31(8-3-10-40(31)15-18)17-43-30-36-27-21-13-34-28(26(27)33)25-20-14-35-38-22(20)6-7-23(25)42-11-2-5-24(41)44-19-4-1-9-39(16-19)29(21)37-30/h6-7,13-14,18-19H,1-5,8-12,15-17H2,(H,35,38)/t18-,19-,31+/m1/s1. The Kier molecular flexibility index (Phi) is 6.73. The highest BCUT2D eigenvalue weighted by atomic mass is 19.1. The molecule has 0 saturated carbocycles. The molecule has 1 N–H and O–H groups in total. The van der Waals surface area contributed by atoms with E-state index in [4.69, 9.17) is 19.2 Å². The number of carbonyl (C=O) groups is 1. The maximum absolute atomic E-state index is 16.8. The first kappa shape index (κ1) is 27.4. The van der Waals surface area contributed by atoms with Crippen LogP contribution in [0.3, 0.4) is 0 Å². The summed E-state index contributed by atoms with van der Waals surface area (Å²) in [7, 11) is 0. The van der Waals surface area contributed by atoms with Crippen molar-refractivity contribution in [2.24, 2.45) is 0 Å². The van der Waals surface area contributed by atoms with Crippen molar-refractivity contribution >= 4 is 33.6 Å². The predicted octanol–water partition coefficient (Wildman–Crippen LogP) is 4.35. The zero-order chi connectivity index (χ0) is 29.8. The van der Waals surface area contributed by atoms with Crippen LogP contribution < -0.4 is 14.4 Å². The van der Waals surface area contributed by atoms with E-state index in [2.05, 4.69) is 25.1 Å². The second-order valence-corrected chi connectivity index (χ2v) is 12.3. The Morgan fingerprint density at radius 2 is 2.05 bits per heavy atom. The minimum absolute atomic E-state index is 0.0188. The Balaban J connectivity index is 1.27. The van der Waals surface area contributed by atoms with Gasteiger partial charge in [0.15, 0.2) is 5.82 Å². The van der Waals surface area contributed by atoms with Crippen molar-refractivity contribution in [1.82, 2.24) is 30.0 Å². The Hall–Kier alpha value is -4.13. The largest absolute Gasteiger partial charge is 0.493 e. The van der Waals surface area contributed by atoms with E-state index in [1.54, 1.807) is 18.5 Å². The van der Waals surface area contributed by atoms with Crippen LogP contribution in [0.25, 0.3) is 33.1 Å². The van der Waals surface area contributed by atoms with Crippen molar-refractivity contribution in [3.05, 3.63) is 30.3 Å². The lowest BCUT2D eigenvalue weighted by Gasteiger charge is -2.34. The first-order valence-corrected chi connectivity index (χ1v) is 15.4.